The third kappa shape index (κ3) is 1.26. The molecular weight excluding hydrogens is 182 g/mol. The molecule has 2 rings (SSSR count). The molecule has 1 heterocycles. The number of aromatic nitrogens is 1. The van der Waals surface area contributed by atoms with Crippen molar-refractivity contribution in [3.05, 3.63) is 46.2 Å². The molecule has 2 aromatic rings. The van der Waals surface area contributed by atoms with Gasteiger partial charge >= 0.3 is 5.97 Å². The number of hydrogen-bond acceptors (Lipinski definition) is 2. The average molecular weight is 189 g/mol. The molecule has 0 aliphatic carbocycles. The summed E-state index contributed by atoms with van der Waals surface area (Å²) in [7, 11) is 0. The maximum atomic E-state index is 11.3. The standard InChI is InChI=1S/C10H7NO3/c12-9-3-4-11-8-2-1-6(10(13)14)5-7(8)9/h1-5H,(H,11,12)(H,13,14). The highest BCUT2D eigenvalue weighted by atomic mass is 16.4. The van der Waals surface area contributed by atoms with E-state index < -0.39 is 5.97 Å². The van der Waals surface area contributed by atoms with Gasteiger partial charge in [-0.1, -0.05) is 0 Å². The molecule has 14 heavy (non-hydrogen) atoms. The second-order valence-electron chi connectivity index (χ2n) is 2.91. The Morgan fingerprint density at radius 3 is 2.79 bits per heavy atom. The summed E-state index contributed by atoms with van der Waals surface area (Å²) in [6, 6.07) is 5.78. The molecule has 0 saturated carbocycles. The minimum absolute atomic E-state index is 0.120. The second kappa shape index (κ2) is 2.99. The smallest absolute Gasteiger partial charge is 0.335 e. The molecule has 0 aliphatic rings. The zero-order valence-electron chi connectivity index (χ0n) is 7.15. The van der Waals surface area contributed by atoms with E-state index in [0.29, 0.717) is 10.9 Å². The largest absolute Gasteiger partial charge is 0.478 e. The Kier molecular flexibility index (Phi) is 1.81. The van der Waals surface area contributed by atoms with Gasteiger partial charge in [-0.3, -0.25) is 4.79 Å². The zero-order chi connectivity index (χ0) is 10.1. The molecule has 1 aromatic heterocycles. The Bertz CT molecular complexity index is 557. The molecular formula is C10H7NO3. The van der Waals surface area contributed by atoms with Crippen LogP contribution in [-0.2, 0) is 0 Å². The summed E-state index contributed by atoms with van der Waals surface area (Å²) in [5, 5.41) is 9.12. The minimum atomic E-state index is -1.03. The third-order valence-electron chi connectivity index (χ3n) is 2.01. The van der Waals surface area contributed by atoms with Gasteiger partial charge in [0.1, 0.15) is 0 Å². The fourth-order valence-electron chi connectivity index (χ4n) is 1.30. The van der Waals surface area contributed by atoms with Gasteiger partial charge < -0.3 is 10.1 Å². The quantitative estimate of drug-likeness (QED) is 0.708. The number of fused-ring (bicyclic) bond motifs is 1. The fourth-order valence-corrected chi connectivity index (χ4v) is 1.30. The van der Waals surface area contributed by atoms with Crippen molar-refractivity contribution in [2.24, 2.45) is 0 Å². The normalized spacial score (nSPS) is 10.3. The van der Waals surface area contributed by atoms with Crippen LogP contribution < -0.4 is 5.43 Å². The van der Waals surface area contributed by atoms with Crippen LogP contribution in [0.15, 0.2) is 35.3 Å². The van der Waals surface area contributed by atoms with Crippen molar-refractivity contribution in [3.8, 4) is 0 Å². The van der Waals surface area contributed by atoms with E-state index in [0.717, 1.165) is 0 Å². The van der Waals surface area contributed by atoms with E-state index in [1.54, 1.807) is 6.07 Å². The van der Waals surface area contributed by atoms with Crippen LogP contribution in [0.25, 0.3) is 10.9 Å². The lowest BCUT2D eigenvalue weighted by Crippen LogP contribution is -2.03. The summed E-state index contributed by atoms with van der Waals surface area (Å²) >= 11 is 0. The van der Waals surface area contributed by atoms with Crippen LogP contribution in [0.2, 0.25) is 0 Å². The van der Waals surface area contributed by atoms with Crippen LogP contribution in [0.3, 0.4) is 0 Å². The first-order valence-corrected chi connectivity index (χ1v) is 4.03. The monoisotopic (exact) mass is 189 g/mol. The predicted octanol–water partition coefficient (Wildman–Crippen LogP) is 1.23. The van der Waals surface area contributed by atoms with E-state index in [2.05, 4.69) is 4.98 Å². The maximum Gasteiger partial charge on any atom is 0.335 e. The van der Waals surface area contributed by atoms with Crippen molar-refractivity contribution in [2.75, 3.05) is 0 Å². The molecule has 0 spiro atoms. The number of aromatic amines is 1. The number of nitrogens with one attached hydrogen (secondary N) is 1. The summed E-state index contributed by atoms with van der Waals surface area (Å²) in [6.45, 7) is 0. The van der Waals surface area contributed by atoms with Crippen molar-refractivity contribution < 1.29 is 9.90 Å². The van der Waals surface area contributed by atoms with Gasteiger partial charge in [0, 0.05) is 23.2 Å². The van der Waals surface area contributed by atoms with Gasteiger partial charge in [0.05, 0.1) is 5.56 Å². The van der Waals surface area contributed by atoms with Gasteiger partial charge in [0.15, 0.2) is 5.43 Å². The summed E-state index contributed by atoms with van der Waals surface area (Å²) in [4.78, 5) is 24.8. The van der Waals surface area contributed by atoms with Gasteiger partial charge in [0.25, 0.3) is 0 Å². The highest BCUT2D eigenvalue weighted by Crippen LogP contribution is 2.09. The Morgan fingerprint density at radius 1 is 1.29 bits per heavy atom. The van der Waals surface area contributed by atoms with Gasteiger partial charge in [-0.25, -0.2) is 4.79 Å². The summed E-state index contributed by atoms with van der Waals surface area (Å²) < 4.78 is 0. The summed E-state index contributed by atoms with van der Waals surface area (Å²) in [6.07, 6.45) is 1.53. The Labute approximate surface area is 78.8 Å². The number of rotatable bonds is 1. The van der Waals surface area contributed by atoms with E-state index >= 15 is 0 Å². The zero-order valence-corrected chi connectivity index (χ0v) is 7.15. The van der Waals surface area contributed by atoms with Crippen LogP contribution in [0, 0.1) is 0 Å². The van der Waals surface area contributed by atoms with Crippen molar-refractivity contribution in [2.45, 2.75) is 0 Å². The first-order valence-electron chi connectivity index (χ1n) is 4.03. The number of aromatic carboxylic acids is 1. The van der Waals surface area contributed by atoms with E-state index in [4.69, 9.17) is 5.11 Å². The Balaban J connectivity index is 2.83. The Hall–Kier alpha value is -2.10. The molecule has 0 aliphatic heterocycles. The number of carbonyl (C=O) groups is 1. The number of H-pyrrole nitrogens is 1. The number of hydrogen-bond donors (Lipinski definition) is 2. The second-order valence-corrected chi connectivity index (χ2v) is 2.91. The Morgan fingerprint density at radius 2 is 2.07 bits per heavy atom. The van der Waals surface area contributed by atoms with Crippen LogP contribution in [-0.4, -0.2) is 16.1 Å². The molecule has 70 valence electrons. The fraction of sp³-hybridized carbons (Fsp3) is 0. The van der Waals surface area contributed by atoms with Crippen LogP contribution in [0.5, 0.6) is 0 Å². The summed E-state index contributed by atoms with van der Waals surface area (Å²) in [5.41, 5.74) is 0.582. The minimum Gasteiger partial charge on any atom is -0.478 e. The third-order valence-corrected chi connectivity index (χ3v) is 2.01. The van der Waals surface area contributed by atoms with Gasteiger partial charge in [-0.15, -0.1) is 0 Å². The highest BCUT2D eigenvalue weighted by Gasteiger charge is 2.04. The van der Waals surface area contributed by atoms with Crippen molar-refractivity contribution in [3.63, 3.8) is 0 Å². The number of pyridine rings is 1. The molecule has 0 fully saturated rings. The predicted molar refractivity (Wildman–Crippen MR) is 51.5 cm³/mol. The first kappa shape index (κ1) is 8.50. The van der Waals surface area contributed by atoms with Gasteiger partial charge in [0.2, 0.25) is 0 Å². The molecule has 1 aromatic carbocycles. The number of carboxylic acids is 1. The molecule has 0 bridgehead atoms. The maximum absolute atomic E-state index is 11.3. The molecule has 0 atom stereocenters. The summed E-state index contributed by atoms with van der Waals surface area (Å²) in [5.74, 6) is -1.03. The number of benzene rings is 1. The van der Waals surface area contributed by atoms with E-state index in [1.165, 1.54) is 24.4 Å². The lowest BCUT2D eigenvalue weighted by molar-refractivity contribution is 0.0697. The lowest BCUT2D eigenvalue weighted by Gasteiger charge is -1.98. The van der Waals surface area contributed by atoms with Crippen molar-refractivity contribution in [1.82, 2.24) is 4.98 Å². The molecule has 2 N–H and O–H groups in total. The molecule has 0 saturated heterocycles. The van der Waals surface area contributed by atoms with Crippen molar-refractivity contribution in [1.29, 1.82) is 0 Å². The lowest BCUT2D eigenvalue weighted by atomic mass is 10.1. The van der Waals surface area contributed by atoms with Crippen LogP contribution >= 0.6 is 0 Å². The average Bonchev–Trinajstić information content (AvgIpc) is 2.18. The van der Waals surface area contributed by atoms with Gasteiger partial charge in [-0.2, -0.15) is 0 Å². The molecule has 4 nitrogen and oxygen atoms in total. The van der Waals surface area contributed by atoms with Crippen LogP contribution in [0.1, 0.15) is 10.4 Å². The topological polar surface area (TPSA) is 70.2 Å². The SMILES string of the molecule is O=C(O)c1ccc2[nH]ccc(=O)c2c1. The molecule has 0 unspecified atom stereocenters. The first-order chi connectivity index (χ1) is 6.68. The molecule has 0 radical (unpaired) electrons. The van der Waals surface area contributed by atoms with Gasteiger partial charge in [-0.05, 0) is 18.2 Å². The number of carboxylic acid groups (broad SMARTS) is 1. The molecule has 0 amide bonds. The van der Waals surface area contributed by atoms with Crippen LogP contribution in [0.4, 0.5) is 0 Å². The van der Waals surface area contributed by atoms with E-state index in [-0.39, 0.29) is 11.0 Å². The molecule has 4 heteroatoms. The van der Waals surface area contributed by atoms with Crippen molar-refractivity contribution >= 4 is 16.9 Å². The highest BCUT2D eigenvalue weighted by molar-refractivity contribution is 5.93. The van der Waals surface area contributed by atoms with E-state index in [1.807, 2.05) is 0 Å². The van der Waals surface area contributed by atoms with E-state index in [9.17, 15) is 9.59 Å².